The molecule has 0 aliphatic carbocycles. The van der Waals surface area contributed by atoms with Gasteiger partial charge in [0.05, 0.1) is 10.6 Å². The van der Waals surface area contributed by atoms with Crippen molar-refractivity contribution in [1.29, 1.82) is 0 Å². The van der Waals surface area contributed by atoms with Crippen molar-refractivity contribution in [3.05, 3.63) is 53.4 Å². The number of halogens is 3. The minimum Gasteiger partial charge on any atom is -0.744 e. The summed E-state index contributed by atoms with van der Waals surface area (Å²) < 4.78 is 93.1. The topological polar surface area (TPSA) is 229 Å². The summed E-state index contributed by atoms with van der Waals surface area (Å²) in [5.41, 5.74) is 4.34. The number of nitrogens with zero attached hydrogens (tertiary/aromatic N) is 4. The number of aromatic nitrogens is 2. The smallest absolute Gasteiger partial charge is 0.744 e. The Kier molecular flexibility index (Phi) is 9.60. The van der Waals surface area contributed by atoms with Gasteiger partial charge in [-0.15, -0.1) is 10.2 Å². The predicted molar refractivity (Wildman–Crippen MR) is 118 cm³/mol. The SMILES string of the molecule is NC(=O)Nc1cc(Nc2nc(F)nc(F)c2Cl)ccc1N=Nc1ccc(S(=O)(=O)[O-])cc1S(=O)(=O)O.[Na+]. The second-order valence-corrected chi connectivity index (χ2v) is 9.70. The molecular formula is C17H11ClF2N7NaO7S2. The van der Waals surface area contributed by atoms with Crippen LogP contribution in [0.1, 0.15) is 0 Å². The molecule has 37 heavy (non-hydrogen) atoms. The van der Waals surface area contributed by atoms with E-state index in [2.05, 4.69) is 30.8 Å². The van der Waals surface area contributed by atoms with E-state index in [0.29, 0.717) is 6.07 Å². The Labute approximate surface area is 234 Å². The second kappa shape index (κ2) is 11.7. The van der Waals surface area contributed by atoms with Crippen molar-refractivity contribution in [1.82, 2.24) is 9.97 Å². The molecule has 2 amide bonds. The van der Waals surface area contributed by atoms with Gasteiger partial charge in [-0.05, 0) is 36.4 Å². The quantitative estimate of drug-likeness (QED) is 0.0968. The number of hydrogen-bond acceptors (Lipinski definition) is 11. The average molecular weight is 586 g/mol. The van der Waals surface area contributed by atoms with E-state index in [-0.39, 0.29) is 46.6 Å². The van der Waals surface area contributed by atoms with E-state index in [1.54, 1.807) is 0 Å². The Bertz CT molecular complexity index is 1630. The van der Waals surface area contributed by atoms with Crippen molar-refractivity contribution < 1.29 is 69.1 Å². The number of benzene rings is 2. The largest absolute Gasteiger partial charge is 1.00 e. The number of azo groups is 1. The van der Waals surface area contributed by atoms with Crippen molar-refractivity contribution in [2.24, 2.45) is 16.0 Å². The molecule has 1 aromatic heterocycles. The van der Waals surface area contributed by atoms with Crippen molar-refractivity contribution in [2.75, 3.05) is 10.6 Å². The van der Waals surface area contributed by atoms with Crippen LogP contribution in [0.5, 0.6) is 0 Å². The van der Waals surface area contributed by atoms with Gasteiger partial charge in [0, 0.05) is 5.69 Å². The summed E-state index contributed by atoms with van der Waals surface area (Å²) in [6, 6.07) is 4.51. The maximum absolute atomic E-state index is 13.6. The third-order valence-corrected chi connectivity index (χ3v) is 6.11. The third kappa shape index (κ3) is 7.82. The minimum atomic E-state index is -5.06. The van der Waals surface area contributed by atoms with Gasteiger partial charge in [-0.2, -0.15) is 27.2 Å². The fourth-order valence-electron chi connectivity index (χ4n) is 2.59. The van der Waals surface area contributed by atoms with E-state index in [0.717, 1.165) is 12.1 Å². The van der Waals surface area contributed by atoms with Gasteiger partial charge in [-0.3, -0.25) is 4.55 Å². The summed E-state index contributed by atoms with van der Waals surface area (Å²) >= 11 is 5.70. The Morgan fingerprint density at radius 1 is 1.05 bits per heavy atom. The first-order valence-electron chi connectivity index (χ1n) is 9.00. The molecule has 5 N–H and O–H groups in total. The number of primary amides is 1. The van der Waals surface area contributed by atoms with Crippen molar-refractivity contribution >= 4 is 66.4 Å². The van der Waals surface area contributed by atoms with E-state index < -0.39 is 64.6 Å². The van der Waals surface area contributed by atoms with Crippen LogP contribution in [0.25, 0.3) is 0 Å². The van der Waals surface area contributed by atoms with Crippen molar-refractivity contribution in [2.45, 2.75) is 9.79 Å². The summed E-state index contributed by atoms with van der Waals surface area (Å²) in [6.45, 7) is 0. The van der Waals surface area contributed by atoms with E-state index >= 15 is 0 Å². The minimum absolute atomic E-state index is 0. The summed E-state index contributed by atoms with van der Waals surface area (Å²) in [4.78, 5) is 15.6. The van der Waals surface area contributed by atoms with E-state index in [4.69, 9.17) is 17.3 Å². The molecule has 20 heteroatoms. The summed E-state index contributed by atoms with van der Waals surface area (Å²) in [5, 5.41) is 11.4. The zero-order valence-electron chi connectivity index (χ0n) is 18.2. The Morgan fingerprint density at radius 2 is 1.68 bits per heavy atom. The molecule has 0 saturated carbocycles. The second-order valence-electron chi connectivity index (χ2n) is 6.55. The molecule has 2 aromatic carbocycles. The van der Waals surface area contributed by atoms with Crippen LogP contribution in [-0.2, 0) is 20.2 Å². The first-order chi connectivity index (χ1) is 16.6. The molecule has 0 fully saturated rings. The molecule has 190 valence electrons. The molecular weight excluding hydrogens is 575 g/mol. The summed E-state index contributed by atoms with van der Waals surface area (Å²) in [7, 11) is -10.1. The zero-order valence-corrected chi connectivity index (χ0v) is 22.6. The Balaban J connectivity index is 0.00000481. The number of nitrogens with one attached hydrogen (secondary N) is 2. The first kappa shape index (κ1) is 30.4. The molecule has 3 rings (SSSR count). The number of hydrogen-bond donors (Lipinski definition) is 4. The monoisotopic (exact) mass is 585 g/mol. The third-order valence-electron chi connectivity index (χ3n) is 4.06. The van der Waals surface area contributed by atoms with Gasteiger partial charge < -0.3 is 20.9 Å². The number of carbonyl (C=O) groups is 1. The Morgan fingerprint density at radius 3 is 2.27 bits per heavy atom. The molecule has 0 spiro atoms. The molecule has 0 aliphatic rings. The van der Waals surface area contributed by atoms with Crippen LogP contribution in [0, 0.1) is 12.0 Å². The molecule has 0 bridgehead atoms. The van der Waals surface area contributed by atoms with Gasteiger partial charge >= 0.3 is 41.7 Å². The van der Waals surface area contributed by atoms with Crippen LogP contribution in [0.4, 0.5) is 42.1 Å². The number of anilines is 3. The normalized spacial score (nSPS) is 11.7. The van der Waals surface area contributed by atoms with Crippen molar-refractivity contribution in [3.8, 4) is 0 Å². The van der Waals surface area contributed by atoms with Gasteiger partial charge in [-0.25, -0.2) is 13.2 Å². The zero-order chi connectivity index (χ0) is 26.8. The molecule has 14 nitrogen and oxygen atoms in total. The molecule has 0 radical (unpaired) electrons. The fourth-order valence-corrected chi connectivity index (χ4v) is 3.95. The first-order valence-corrected chi connectivity index (χ1v) is 12.2. The number of nitrogens with two attached hydrogens (primary N) is 1. The number of urea groups is 1. The Hall–Kier alpha value is -2.84. The number of rotatable bonds is 7. The van der Waals surface area contributed by atoms with Gasteiger partial charge in [0.25, 0.3) is 10.1 Å². The molecule has 1 heterocycles. The average Bonchev–Trinajstić information content (AvgIpc) is 2.75. The number of carbonyl (C=O) groups excluding carboxylic acids is 1. The molecule has 0 unspecified atom stereocenters. The van der Waals surface area contributed by atoms with Gasteiger partial charge in [0.2, 0.25) is 5.95 Å². The van der Waals surface area contributed by atoms with Crippen molar-refractivity contribution in [3.63, 3.8) is 0 Å². The molecule has 0 atom stereocenters. The predicted octanol–water partition coefficient (Wildman–Crippen LogP) is 0.213. The van der Waals surface area contributed by atoms with Gasteiger partial charge in [0.15, 0.2) is 5.82 Å². The summed E-state index contributed by atoms with van der Waals surface area (Å²) in [6.07, 6.45) is -1.41. The molecule has 0 aliphatic heterocycles. The van der Waals surface area contributed by atoms with Crippen LogP contribution >= 0.6 is 11.6 Å². The maximum atomic E-state index is 13.6. The van der Waals surface area contributed by atoms with Crippen LogP contribution in [0.3, 0.4) is 0 Å². The van der Waals surface area contributed by atoms with Crippen LogP contribution in [-0.4, -0.2) is 41.9 Å². The van der Waals surface area contributed by atoms with Crippen LogP contribution in [0.15, 0.2) is 56.4 Å². The van der Waals surface area contributed by atoms with E-state index in [9.17, 15) is 39.5 Å². The standard InChI is InChI=1S/C17H12ClF2N7O7S2.Na/c18-13-14(19)24-16(20)25-15(13)22-7-1-3-9(11(5-7)23-17(21)28)26-27-10-4-2-8(35(29,30)31)6-12(10)36(32,33)34;/h1-6H,(H3,21,23,28)(H,22,24,25)(H,29,30,31)(H,32,33,34);/q;+1/p-1. The maximum Gasteiger partial charge on any atom is 1.00 e. The molecule has 0 saturated heterocycles. The fraction of sp³-hybridized carbons (Fsp3) is 0. The van der Waals surface area contributed by atoms with Crippen LogP contribution < -0.4 is 45.9 Å². The van der Waals surface area contributed by atoms with E-state index in [1.807, 2.05) is 0 Å². The van der Waals surface area contributed by atoms with Gasteiger partial charge in [-0.1, -0.05) is 11.6 Å². The van der Waals surface area contributed by atoms with Crippen LogP contribution in [0.2, 0.25) is 5.02 Å². The molecule has 3 aromatic rings. The van der Waals surface area contributed by atoms with E-state index in [1.165, 1.54) is 18.2 Å². The summed E-state index contributed by atoms with van der Waals surface area (Å²) in [5.74, 6) is -1.79. The van der Waals surface area contributed by atoms with Gasteiger partial charge in [0.1, 0.15) is 31.4 Å². The number of amides is 2.